The van der Waals surface area contributed by atoms with E-state index in [1.807, 2.05) is 12.1 Å². The molecule has 0 amide bonds. The first-order chi connectivity index (χ1) is 14.0. The molecule has 7 nitrogen and oxygen atoms in total. The SMILES string of the molecule is COc1cccc(/C=N/Nc2nc(C)cc(=O)[nH]2)c1OCc1ccc(Cl)cc1Cl. The van der Waals surface area contributed by atoms with Crippen LogP contribution in [-0.2, 0) is 6.61 Å². The number of aryl methyl sites for hydroxylation is 1. The summed E-state index contributed by atoms with van der Waals surface area (Å²) in [4.78, 5) is 18.2. The van der Waals surface area contributed by atoms with E-state index >= 15 is 0 Å². The Balaban J connectivity index is 1.80. The predicted molar refractivity (Wildman–Crippen MR) is 115 cm³/mol. The van der Waals surface area contributed by atoms with Crippen LogP contribution in [0.1, 0.15) is 16.8 Å². The standard InChI is InChI=1S/C20H18Cl2N4O3/c1-12-8-18(27)25-20(24-12)26-23-10-13-4-3-5-17(28-2)19(13)29-11-14-6-7-15(21)9-16(14)22/h3-10H,11H2,1-2H3,(H2,24,25,26,27)/b23-10+. The van der Waals surface area contributed by atoms with Crippen LogP contribution >= 0.6 is 23.2 Å². The molecule has 3 rings (SSSR count). The second-order valence-corrected chi connectivity index (χ2v) is 6.85. The largest absolute Gasteiger partial charge is 0.493 e. The van der Waals surface area contributed by atoms with Crippen molar-refractivity contribution in [3.05, 3.63) is 79.7 Å². The third kappa shape index (κ3) is 5.49. The number of rotatable bonds is 7. The normalized spacial score (nSPS) is 10.9. The van der Waals surface area contributed by atoms with Gasteiger partial charge in [0.05, 0.1) is 13.3 Å². The van der Waals surface area contributed by atoms with Crippen LogP contribution in [0.15, 0.2) is 52.4 Å². The first kappa shape index (κ1) is 20.7. The Bertz CT molecular complexity index is 1100. The van der Waals surface area contributed by atoms with Gasteiger partial charge in [0.15, 0.2) is 11.5 Å². The van der Waals surface area contributed by atoms with Crippen LogP contribution in [0.2, 0.25) is 10.0 Å². The fourth-order valence-corrected chi connectivity index (χ4v) is 3.00. The summed E-state index contributed by atoms with van der Waals surface area (Å²) >= 11 is 12.2. The van der Waals surface area contributed by atoms with Gasteiger partial charge < -0.3 is 9.47 Å². The Morgan fingerprint density at radius 1 is 1.24 bits per heavy atom. The Morgan fingerprint density at radius 2 is 2.07 bits per heavy atom. The maximum atomic E-state index is 11.5. The van der Waals surface area contributed by atoms with E-state index in [1.165, 1.54) is 6.07 Å². The smallest absolute Gasteiger partial charge is 0.252 e. The summed E-state index contributed by atoms with van der Waals surface area (Å²) in [5.74, 6) is 1.28. The maximum absolute atomic E-state index is 11.5. The second kappa shape index (κ2) is 9.45. The van der Waals surface area contributed by atoms with Crippen LogP contribution in [0, 0.1) is 6.92 Å². The molecule has 0 bridgehead atoms. The van der Waals surface area contributed by atoms with Gasteiger partial charge in [-0.05, 0) is 31.2 Å². The highest BCUT2D eigenvalue weighted by Crippen LogP contribution is 2.32. The monoisotopic (exact) mass is 432 g/mol. The number of nitrogens with zero attached hydrogens (tertiary/aromatic N) is 2. The highest BCUT2D eigenvalue weighted by atomic mass is 35.5. The van der Waals surface area contributed by atoms with Crippen LogP contribution in [-0.4, -0.2) is 23.3 Å². The number of methoxy groups -OCH3 is 1. The van der Waals surface area contributed by atoms with Crippen molar-refractivity contribution < 1.29 is 9.47 Å². The molecule has 0 aliphatic rings. The van der Waals surface area contributed by atoms with Crippen molar-refractivity contribution in [1.29, 1.82) is 0 Å². The van der Waals surface area contributed by atoms with Crippen LogP contribution < -0.4 is 20.5 Å². The van der Waals surface area contributed by atoms with E-state index in [2.05, 4.69) is 20.5 Å². The minimum absolute atomic E-state index is 0.220. The Kier molecular flexibility index (Phi) is 6.74. The molecule has 0 atom stereocenters. The number of hydrogen-bond donors (Lipinski definition) is 2. The third-order valence-electron chi connectivity index (χ3n) is 3.86. The quantitative estimate of drug-likeness (QED) is 0.426. The van der Waals surface area contributed by atoms with Gasteiger partial charge in [0.2, 0.25) is 5.95 Å². The lowest BCUT2D eigenvalue weighted by Gasteiger charge is -2.14. The number of ether oxygens (including phenoxy) is 2. The topological polar surface area (TPSA) is 88.6 Å². The van der Waals surface area contributed by atoms with Crippen LogP contribution in [0.3, 0.4) is 0 Å². The van der Waals surface area contributed by atoms with Gasteiger partial charge >= 0.3 is 0 Å². The average molecular weight is 433 g/mol. The molecule has 2 aromatic carbocycles. The van der Waals surface area contributed by atoms with Crippen molar-refractivity contribution in [1.82, 2.24) is 9.97 Å². The van der Waals surface area contributed by atoms with Gasteiger partial charge in [0.25, 0.3) is 5.56 Å². The van der Waals surface area contributed by atoms with Crippen molar-refractivity contribution in [3.8, 4) is 11.5 Å². The zero-order valence-electron chi connectivity index (χ0n) is 15.7. The van der Waals surface area contributed by atoms with E-state index < -0.39 is 0 Å². The van der Waals surface area contributed by atoms with Gasteiger partial charge in [-0.25, -0.2) is 10.4 Å². The van der Waals surface area contributed by atoms with E-state index in [1.54, 1.807) is 44.5 Å². The number of hydrazone groups is 1. The molecule has 0 fully saturated rings. The highest BCUT2D eigenvalue weighted by Gasteiger charge is 2.11. The first-order valence-corrected chi connectivity index (χ1v) is 9.32. The summed E-state index contributed by atoms with van der Waals surface area (Å²) in [6, 6.07) is 12.0. The number of nitrogens with one attached hydrogen (secondary N) is 2. The third-order valence-corrected chi connectivity index (χ3v) is 4.45. The maximum Gasteiger partial charge on any atom is 0.252 e. The van der Waals surface area contributed by atoms with Crippen LogP contribution in [0.5, 0.6) is 11.5 Å². The molecule has 0 radical (unpaired) electrons. The number of aromatic nitrogens is 2. The summed E-state index contributed by atoms with van der Waals surface area (Å²) < 4.78 is 11.4. The van der Waals surface area contributed by atoms with Crippen molar-refractivity contribution in [2.24, 2.45) is 5.10 Å². The van der Waals surface area contributed by atoms with Gasteiger partial charge in [0.1, 0.15) is 6.61 Å². The highest BCUT2D eigenvalue weighted by molar-refractivity contribution is 6.35. The van der Waals surface area contributed by atoms with Crippen molar-refractivity contribution in [2.45, 2.75) is 13.5 Å². The zero-order valence-corrected chi connectivity index (χ0v) is 17.2. The Labute approximate surface area is 177 Å². The molecular formula is C20H18Cl2N4O3. The molecule has 0 saturated heterocycles. The van der Waals surface area contributed by atoms with Crippen LogP contribution in [0.25, 0.3) is 0 Å². The molecule has 0 unspecified atom stereocenters. The van der Waals surface area contributed by atoms with E-state index in [0.29, 0.717) is 32.8 Å². The molecular weight excluding hydrogens is 415 g/mol. The van der Waals surface area contributed by atoms with E-state index in [-0.39, 0.29) is 18.1 Å². The molecule has 0 aliphatic heterocycles. The van der Waals surface area contributed by atoms with Gasteiger partial charge in [-0.1, -0.05) is 35.3 Å². The Hall–Kier alpha value is -3.03. The second-order valence-electron chi connectivity index (χ2n) is 6.01. The van der Waals surface area contributed by atoms with Gasteiger partial charge in [-0.3, -0.25) is 9.78 Å². The number of halogens is 2. The minimum atomic E-state index is -0.263. The lowest BCUT2D eigenvalue weighted by molar-refractivity contribution is 0.284. The van der Waals surface area contributed by atoms with E-state index in [4.69, 9.17) is 32.7 Å². The molecule has 3 aromatic rings. The molecule has 1 aromatic heterocycles. The van der Waals surface area contributed by atoms with Gasteiger partial charge in [0, 0.05) is 32.9 Å². The Morgan fingerprint density at radius 3 is 2.79 bits per heavy atom. The fraction of sp³-hybridized carbons (Fsp3) is 0.150. The predicted octanol–water partition coefficient (Wildman–Crippen LogP) is 4.42. The van der Waals surface area contributed by atoms with Crippen molar-refractivity contribution in [2.75, 3.05) is 12.5 Å². The van der Waals surface area contributed by atoms with Crippen molar-refractivity contribution >= 4 is 35.4 Å². The molecule has 0 spiro atoms. The number of benzene rings is 2. The summed E-state index contributed by atoms with van der Waals surface area (Å²) in [6.45, 7) is 1.94. The fourth-order valence-electron chi connectivity index (χ4n) is 2.53. The summed E-state index contributed by atoms with van der Waals surface area (Å²) in [7, 11) is 1.55. The van der Waals surface area contributed by atoms with Gasteiger partial charge in [-0.15, -0.1) is 0 Å². The van der Waals surface area contributed by atoms with Crippen molar-refractivity contribution in [3.63, 3.8) is 0 Å². The van der Waals surface area contributed by atoms with E-state index in [0.717, 1.165) is 5.56 Å². The first-order valence-electron chi connectivity index (χ1n) is 8.57. The summed E-state index contributed by atoms with van der Waals surface area (Å²) in [5.41, 5.74) is 4.46. The molecule has 29 heavy (non-hydrogen) atoms. The molecule has 9 heteroatoms. The summed E-state index contributed by atoms with van der Waals surface area (Å²) in [5, 5.41) is 5.19. The number of H-pyrrole nitrogens is 1. The number of aromatic amines is 1. The lowest BCUT2D eigenvalue weighted by atomic mass is 10.2. The summed E-state index contributed by atoms with van der Waals surface area (Å²) in [6.07, 6.45) is 1.55. The number of para-hydroxylation sites is 1. The van der Waals surface area contributed by atoms with Gasteiger partial charge in [-0.2, -0.15) is 5.10 Å². The molecule has 0 saturated carbocycles. The number of anilines is 1. The molecule has 150 valence electrons. The molecule has 2 N–H and O–H groups in total. The number of hydrogen-bond acceptors (Lipinski definition) is 6. The molecule has 1 heterocycles. The molecule has 0 aliphatic carbocycles. The average Bonchev–Trinajstić information content (AvgIpc) is 2.67. The lowest BCUT2D eigenvalue weighted by Crippen LogP contribution is -2.10. The minimum Gasteiger partial charge on any atom is -0.493 e. The van der Waals surface area contributed by atoms with E-state index in [9.17, 15) is 4.79 Å². The van der Waals surface area contributed by atoms with Crippen LogP contribution in [0.4, 0.5) is 5.95 Å². The zero-order chi connectivity index (χ0) is 20.8.